The Morgan fingerprint density at radius 2 is 1.67 bits per heavy atom. The quantitative estimate of drug-likeness (QED) is 0.316. The van der Waals surface area contributed by atoms with E-state index in [9.17, 15) is 9.18 Å². The fourth-order valence-electron chi connectivity index (χ4n) is 4.01. The van der Waals surface area contributed by atoms with Gasteiger partial charge in [-0.2, -0.15) is 0 Å². The lowest BCUT2D eigenvalue weighted by molar-refractivity contribution is 0.355. The van der Waals surface area contributed by atoms with Crippen LogP contribution in [0, 0.1) is 5.82 Å². The van der Waals surface area contributed by atoms with Crippen LogP contribution in [0.25, 0.3) is 10.9 Å². The number of nitrogens with zero attached hydrogens (tertiary/aromatic N) is 1. The number of ether oxygens (including phenoxy) is 2. The Hall–Kier alpha value is -3.91. The zero-order valence-corrected chi connectivity index (χ0v) is 21.2. The van der Waals surface area contributed by atoms with Crippen LogP contribution in [-0.2, 0) is 13.1 Å². The molecule has 0 amide bonds. The number of methoxy groups -OCH3 is 2. The number of rotatable bonds is 8. The molecule has 2 N–H and O–H groups in total. The van der Waals surface area contributed by atoms with Crippen LogP contribution in [-0.4, -0.2) is 29.2 Å². The van der Waals surface area contributed by atoms with Crippen LogP contribution in [0.15, 0.2) is 77.6 Å². The summed E-state index contributed by atoms with van der Waals surface area (Å²) in [5.74, 6) is 0.797. The average molecular weight is 506 g/mol. The van der Waals surface area contributed by atoms with Crippen LogP contribution >= 0.6 is 12.2 Å². The molecule has 0 aliphatic heterocycles. The normalized spacial score (nSPS) is 11.7. The highest BCUT2D eigenvalue weighted by atomic mass is 32.1. The summed E-state index contributed by atoms with van der Waals surface area (Å²) in [5.41, 5.74) is 2.92. The van der Waals surface area contributed by atoms with Gasteiger partial charge in [0, 0.05) is 23.6 Å². The van der Waals surface area contributed by atoms with E-state index in [2.05, 4.69) is 10.3 Å². The number of fused-ring (bicyclic) bond motifs is 1. The van der Waals surface area contributed by atoms with Gasteiger partial charge in [-0.15, -0.1) is 0 Å². The second kappa shape index (κ2) is 11.2. The number of nitrogens with one attached hydrogen (secondary N) is 2. The summed E-state index contributed by atoms with van der Waals surface area (Å²) < 4.78 is 24.3. The summed E-state index contributed by atoms with van der Waals surface area (Å²) in [5, 5.41) is 4.67. The molecule has 0 saturated heterocycles. The number of H-pyrrole nitrogens is 1. The molecule has 186 valence electrons. The predicted octanol–water partition coefficient (Wildman–Crippen LogP) is 5.32. The van der Waals surface area contributed by atoms with E-state index >= 15 is 0 Å². The van der Waals surface area contributed by atoms with Gasteiger partial charge in [-0.05, 0) is 54.5 Å². The third kappa shape index (κ3) is 5.83. The largest absolute Gasteiger partial charge is 0.493 e. The number of pyridine rings is 1. The Morgan fingerprint density at radius 3 is 2.33 bits per heavy atom. The third-order valence-corrected chi connectivity index (χ3v) is 6.38. The average Bonchev–Trinajstić information content (AvgIpc) is 2.89. The van der Waals surface area contributed by atoms with Crippen LogP contribution in [0.3, 0.4) is 0 Å². The molecule has 1 heterocycles. The molecule has 0 unspecified atom stereocenters. The van der Waals surface area contributed by atoms with Crippen LogP contribution in [0.5, 0.6) is 11.5 Å². The molecule has 1 aromatic heterocycles. The summed E-state index contributed by atoms with van der Waals surface area (Å²) in [6, 6.07) is 21.6. The number of halogens is 1. The van der Waals surface area contributed by atoms with Crippen molar-refractivity contribution < 1.29 is 13.9 Å². The lowest BCUT2D eigenvalue weighted by Gasteiger charge is -2.28. The lowest BCUT2D eigenvalue weighted by atomic mass is 10.1. The number of benzene rings is 3. The standard InChI is InChI=1S/C28H28FN3O3S/c1-18(20-7-5-4-6-8-20)30-28(36)32(16-19-9-11-23(29)12-10-19)17-22-13-21-14-25(34-2)26(35-3)15-24(21)31-27(22)33/h4-15,18H,16-17H2,1-3H3,(H,30,36)(H,31,33)/t18-/m1/s1. The van der Waals surface area contributed by atoms with Gasteiger partial charge in [0.15, 0.2) is 16.6 Å². The highest BCUT2D eigenvalue weighted by molar-refractivity contribution is 7.80. The van der Waals surface area contributed by atoms with E-state index < -0.39 is 0 Å². The Balaban J connectivity index is 1.65. The third-order valence-electron chi connectivity index (χ3n) is 6.00. The first-order valence-electron chi connectivity index (χ1n) is 11.5. The second-order valence-electron chi connectivity index (χ2n) is 8.48. The van der Waals surface area contributed by atoms with Crippen molar-refractivity contribution >= 4 is 28.2 Å². The molecule has 0 aliphatic carbocycles. The molecule has 1 atom stereocenters. The van der Waals surface area contributed by atoms with Crippen molar-refractivity contribution in [2.45, 2.75) is 26.1 Å². The van der Waals surface area contributed by atoms with E-state index in [1.54, 1.807) is 32.4 Å². The summed E-state index contributed by atoms with van der Waals surface area (Å²) in [4.78, 5) is 17.9. The molecule has 6 nitrogen and oxygen atoms in total. The van der Waals surface area contributed by atoms with E-state index in [1.807, 2.05) is 54.3 Å². The van der Waals surface area contributed by atoms with E-state index in [1.165, 1.54) is 12.1 Å². The summed E-state index contributed by atoms with van der Waals surface area (Å²) >= 11 is 5.78. The van der Waals surface area contributed by atoms with E-state index in [4.69, 9.17) is 21.7 Å². The Labute approximate surface area is 214 Å². The SMILES string of the molecule is COc1cc2cc(CN(Cc3ccc(F)cc3)C(=S)N[C@H](C)c3ccccc3)c(=O)[nH]c2cc1OC. The van der Waals surface area contributed by atoms with Gasteiger partial charge >= 0.3 is 0 Å². The molecule has 0 spiro atoms. The zero-order valence-electron chi connectivity index (χ0n) is 20.4. The van der Waals surface area contributed by atoms with Crippen LogP contribution in [0.1, 0.15) is 29.7 Å². The van der Waals surface area contributed by atoms with Gasteiger partial charge in [-0.25, -0.2) is 4.39 Å². The molecular weight excluding hydrogens is 477 g/mol. The highest BCUT2D eigenvalue weighted by Gasteiger charge is 2.17. The van der Waals surface area contributed by atoms with Crippen molar-refractivity contribution in [1.29, 1.82) is 0 Å². The first-order valence-corrected chi connectivity index (χ1v) is 11.9. The zero-order chi connectivity index (χ0) is 25.7. The van der Waals surface area contributed by atoms with Gasteiger partial charge in [0.1, 0.15) is 5.82 Å². The number of hydrogen-bond acceptors (Lipinski definition) is 4. The Morgan fingerprint density at radius 1 is 1.00 bits per heavy atom. The molecule has 3 aromatic carbocycles. The van der Waals surface area contributed by atoms with E-state index in [-0.39, 0.29) is 24.0 Å². The van der Waals surface area contributed by atoms with Gasteiger partial charge in [0.2, 0.25) is 0 Å². The number of aromatic amines is 1. The first-order chi connectivity index (χ1) is 17.4. The molecule has 4 aromatic rings. The smallest absolute Gasteiger partial charge is 0.253 e. The topological polar surface area (TPSA) is 66.6 Å². The Kier molecular flexibility index (Phi) is 7.85. The molecule has 0 saturated carbocycles. The fraction of sp³-hybridized carbons (Fsp3) is 0.214. The molecule has 0 aliphatic rings. The predicted molar refractivity (Wildman–Crippen MR) is 144 cm³/mol. The fourth-order valence-corrected chi connectivity index (χ4v) is 4.32. The van der Waals surface area contributed by atoms with Gasteiger partial charge in [0.05, 0.1) is 32.3 Å². The van der Waals surface area contributed by atoms with Crippen molar-refractivity contribution in [1.82, 2.24) is 15.2 Å². The molecule has 36 heavy (non-hydrogen) atoms. The van der Waals surface area contributed by atoms with Gasteiger partial charge in [-0.3, -0.25) is 4.79 Å². The second-order valence-corrected chi connectivity index (χ2v) is 8.87. The number of aromatic nitrogens is 1. The molecule has 0 bridgehead atoms. The van der Waals surface area contributed by atoms with Crippen molar-refractivity contribution in [3.8, 4) is 11.5 Å². The summed E-state index contributed by atoms with van der Waals surface area (Å²) in [6.45, 7) is 2.68. The lowest BCUT2D eigenvalue weighted by Crippen LogP contribution is -2.41. The minimum atomic E-state index is -0.306. The van der Waals surface area contributed by atoms with Crippen LogP contribution < -0.4 is 20.3 Å². The molecule has 0 fully saturated rings. The molecule has 4 rings (SSSR count). The van der Waals surface area contributed by atoms with Crippen molar-refractivity contribution in [2.24, 2.45) is 0 Å². The van der Waals surface area contributed by atoms with Crippen LogP contribution in [0.2, 0.25) is 0 Å². The highest BCUT2D eigenvalue weighted by Crippen LogP contribution is 2.31. The maximum absolute atomic E-state index is 13.5. The first kappa shape index (κ1) is 25.2. The van der Waals surface area contributed by atoms with Gasteiger partial charge in [-0.1, -0.05) is 42.5 Å². The summed E-state index contributed by atoms with van der Waals surface area (Å²) in [7, 11) is 3.12. The van der Waals surface area contributed by atoms with E-state index in [0.717, 1.165) is 16.5 Å². The Bertz CT molecular complexity index is 1410. The molecular formula is C28H28FN3O3S. The number of thiocarbonyl (C=S) groups is 1. The minimum absolute atomic E-state index is 0.0407. The minimum Gasteiger partial charge on any atom is -0.493 e. The van der Waals surface area contributed by atoms with E-state index in [0.29, 0.717) is 34.2 Å². The maximum atomic E-state index is 13.5. The van der Waals surface area contributed by atoms with Crippen molar-refractivity contribution in [3.05, 3.63) is 106 Å². The monoisotopic (exact) mass is 505 g/mol. The summed E-state index contributed by atoms with van der Waals surface area (Å²) in [6.07, 6.45) is 0. The van der Waals surface area contributed by atoms with Crippen molar-refractivity contribution in [2.75, 3.05) is 14.2 Å². The molecule has 0 radical (unpaired) electrons. The maximum Gasteiger partial charge on any atom is 0.253 e. The van der Waals surface area contributed by atoms with Crippen molar-refractivity contribution in [3.63, 3.8) is 0 Å². The molecule has 8 heteroatoms. The van der Waals surface area contributed by atoms with Crippen LogP contribution in [0.4, 0.5) is 4.39 Å². The van der Waals surface area contributed by atoms with Gasteiger partial charge < -0.3 is 24.7 Å². The van der Waals surface area contributed by atoms with Gasteiger partial charge in [0.25, 0.3) is 5.56 Å². The number of hydrogen-bond donors (Lipinski definition) is 2.